The summed E-state index contributed by atoms with van der Waals surface area (Å²) in [6, 6.07) is 11.6. The van der Waals surface area contributed by atoms with Crippen LogP contribution in [0.4, 0.5) is 4.79 Å². The van der Waals surface area contributed by atoms with Crippen LogP contribution >= 0.6 is 11.6 Å². The third kappa shape index (κ3) is 2.86. The molecule has 3 heterocycles. The van der Waals surface area contributed by atoms with Crippen molar-refractivity contribution in [1.29, 1.82) is 0 Å². The molecule has 3 amide bonds. The first kappa shape index (κ1) is 18.4. The monoisotopic (exact) mass is 426 g/mol. The number of urea groups is 1. The average Bonchev–Trinajstić information content (AvgIpc) is 3.44. The highest BCUT2D eigenvalue weighted by Gasteiger charge is 2.49. The summed E-state index contributed by atoms with van der Waals surface area (Å²) in [6.07, 6.45) is 0. The molecule has 2 aliphatic heterocycles. The highest BCUT2D eigenvalue weighted by Crippen LogP contribution is 2.38. The van der Waals surface area contributed by atoms with Gasteiger partial charge in [0.05, 0.1) is 10.6 Å². The van der Waals surface area contributed by atoms with Gasteiger partial charge in [-0.2, -0.15) is 0 Å². The fourth-order valence-electron chi connectivity index (χ4n) is 3.44. The highest BCUT2D eigenvalue weighted by molar-refractivity contribution is 6.33. The van der Waals surface area contributed by atoms with Crippen molar-refractivity contribution in [3.05, 3.63) is 58.9 Å². The SMILES string of the molecule is CC1(c2ccc3c(c2)OCO3)NC(=O)N(Cc2nnc(-c3ccccc3Cl)o2)C1=O. The molecule has 0 spiro atoms. The van der Waals surface area contributed by atoms with E-state index in [0.717, 1.165) is 4.90 Å². The maximum absolute atomic E-state index is 13.1. The minimum Gasteiger partial charge on any atom is -0.454 e. The van der Waals surface area contributed by atoms with Crippen LogP contribution in [0.2, 0.25) is 5.02 Å². The first-order valence-electron chi connectivity index (χ1n) is 9.07. The van der Waals surface area contributed by atoms with Crippen molar-refractivity contribution < 1.29 is 23.5 Å². The van der Waals surface area contributed by atoms with Gasteiger partial charge in [-0.15, -0.1) is 10.2 Å². The molecule has 0 aliphatic carbocycles. The second-order valence-corrected chi connectivity index (χ2v) is 7.40. The average molecular weight is 427 g/mol. The molecule has 0 saturated carbocycles. The van der Waals surface area contributed by atoms with Gasteiger partial charge in [-0.1, -0.05) is 29.8 Å². The van der Waals surface area contributed by atoms with Crippen molar-refractivity contribution in [2.24, 2.45) is 0 Å². The second kappa shape index (κ2) is 6.74. The molecular formula is C20H15ClN4O5. The van der Waals surface area contributed by atoms with Gasteiger partial charge < -0.3 is 19.2 Å². The first-order valence-corrected chi connectivity index (χ1v) is 9.45. The molecule has 2 aliphatic rings. The largest absolute Gasteiger partial charge is 0.454 e. The molecule has 30 heavy (non-hydrogen) atoms. The zero-order valence-electron chi connectivity index (χ0n) is 15.7. The van der Waals surface area contributed by atoms with Crippen LogP contribution in [0.25, 0.3) is 11.5 Å². The molecule has 1 N–H and O–H groups in total. The normalized spacial score (nSPS) is 20.0. The highest BCUT2D eigenvalue weighted by atomic mass is 35.5. The van der Waals surface area contributed by atoms with E-state index in [1.807, 2.05) is 0 Å². The van der Waals surface area contributed by atoms with E-state index in [2.05, 4.69) is 15.5 Å². The van der Waals surface area contributed by atoms with Gasteiger partial charge in [-0.05, 0) is 36.8 Å². The van der Waals surface area contributed by atoms with E-state index in [1.54, 1.807) is 49.4 Å². The van der Waals surface area contributed by atoms with Gasteiger partial charge in [0.25, 0.3) is 5.91 Å². The first-order chi connectivity index (χ1) is 14.5. The zero-order chi connectivity index (χ0) is 20.9. The van der Waals surface area contributed by atoms with Crippen LogP contribution in [-0.2, 0) is 16.9 Å². The Hall–Kier alpha value is -3.59. The van der Waals surface area contributed by atoms with Crippen molar-refractivity contribution in [1.82, 2.24) is 20.4 Å². The number of nitrogens with zero attached hydrogens (tertiary/aromatic N) is 3. The summed E-state index contributed by atoms with van der Waals surface area (Å²) < 4.78 is 16.3. The summed E-state index contributed by atoms with van der Waals surface area (Å²) in [5, 5.41) is 11.1. The number of imide groups is 1. The molecular weight excluding hydrogens is 412 g/mol. The van der Waals surface area contributed by atoms with E-state index in [-0.39, 0.29) is 25.1 Å². The van der Waals surface area contributed by atoms with Crippen LogP contribution in [-0.4, -0.2) is 33.8 Å². The molecule has 1 fully saturated rings. The molecule has 1 saturated heterocycles. The third-order valence-corrected chi connectivity index (χ3v) is 5.42. The summed E-state index contributed by atoms with van der Waals surface area (Å²) in [5.41, 5.74) is -0.112. The number of aromatic nitrogens is 2. The summed E-state index contributed by atoms with van der Waals surface area (Å²) in [7, 11) is 0. The lowest BCUT2D eigenvalue weighted by Crippen LogP contribution is -2.40. The Labute approximate surface area is 175 Å². The zero-order valence-corrected chi connectivity index (χ0v) is 16.5. The van der Waals surface area contributed by atoms with Crippen molar-refractivity contribution in [2.75, 3.05) is 6.79 Å². The fraction of sp³-hybridized carbons (Fsp3) is 0.200. The number of halogens is 1. The quantitative estimate of drug-likeness (QED) is 0.639. The Bertz CT molecular complexity index is 1180. The second-order valence-electron chi connectivity index (χ2n) is 7.00. The van der Waals surface area contributed by atoms with Crippen LogP contribution in [0.1, 0.15) is 18.4 Å². The van der Waals surface area contributed by atoms with Crippen LogP contribution in [0, 0.1) is 0 Å². The Morgan fingerprint density at radius 2 is 1.93 bits per heavy atom. The minimum absolute atomic E-state index is 0.114. The Balaban J connectivity index is 1.40. The Kier molecular flexibility index (Phi) is 4.14. The van der Waals surface area contributed by atoms with Crippen molar-refractivity contribution in [3.63, 3.8) is 0 Å². The number of amides is 3. The maximum atomic E-state index is 13.1. The van der Waals surface area contributed by atoms with Crippen molar-refractivity contribution in [2.45, 2.75) is 19.0 Å². The summed E-state index contributed by atoms with van der Waals surface area (Å²) in [6.45, 7) is 1.59. The van der Waals surface area contributed by atoms with Crippen molar-refractivity contribution in [3.8, 4) is 23.0 Å². The smallest absolute Gasteiger partial charge is 0.325 e. The van der Waals surface area contributed by atoms with E-state index in [1.165, 1.54) is 0 Å². The molecule has 1 unspecified atom stereocenters. The van der Waals surface area contributed by atoms with Crippen LogP contribution in [0.5, 0.6) is 11.5 Å². The van der Waals surface area contributed by atoms with Gasteiger partial charge in [-0.3, -0.25) is 9.69 Å². The molecule has 2 aromatic carbocycles. The number of ether oxygens (including phenoxy) is 2. The molecule has 9 nitrogen and oxygen atoms in total. The molecule has 5 rings (SSSR count). The number of rotatable bonds is 4. The van der Waals surface area contributed by atoms with Gasteiger partial charge in [0.1, 0.15) is 12.1 Å². The molecule has 0 bridgehead atoms. The minimum atomic E-state index is -1.26. The number of hydrogen-bond acceptors (Lipinski definition) is 7. The predicted molar refractivity (Wildman–Crippen MR) is 104 cm³/mol. The van der Waals surface area contributed by atoms with Gasteiger partial charge in [-0.25, -0.2) is 4.79 Å². The molecule has 152 valence electrons. The number of benzene rings is 2. The lowest BCUT2D eigenvalue weighted by atomic mass is 9.91. The van der Waals surface area contributed by atoms with Crippen LogP contribution < -0.4 is 14.8 Å². The summed E-state index contributed by atoms with van der Waals surface area (Å²) in [4.78, 5) is 26.7. The molecule has 0 radical (unpaired) electrons. The Morgan fingerprint density at radius 3 is 2.77 bits per heavy atom. The number of nitrogens with one attached hydrogen (secondary N) is 1. The van der Waals surface area contributed by atoms with E-state index >= 15 is 0 Å². The van der Waals surface area contributed by atoms with Gasteiger partial charge in [0.2, 0.25) is 18.6 Å². The molecule has 1 aromatic heterocycles. The van der Waals surface area contributed by atoms with Gasteiger partial charge in [0, 0.05) is 0 Å². The topological polar surface area (TPSA) is 107 Å². The number of fused-ring (bicyclic) bond motifs is 1. The predicted octanol–water partition coefficient (Wildman–Crippen LogP) is 3.09. The molecule has 1 atom stereocenters. The van der Waals surface area contributed by atoms with Crippen molar-refractivity contribution >= 4 is 23.5 Å². The third-order valence-electron chi connectivity index (χ3n) is 5.09. The lowest BCUT2D eigenvalue weighted by Gasteiger charge is -2.22. The number of carbonyl (C=O) groups excluding carboxylic acids is 2. The fourth-order valence-corrected chi connectivity index (χ4v) is 3.66. The maximum Gasteiger partial charge on any atom is 0.325 e. The van der Waals surface area contributed by atoms with Gasteiger partial charge in [0.15, 0.2) is 11.5 Å². The van der Waals surface area contributed by atoms with E-state index in [4.69, 9.17) is 25.5 Å². The lowest BCUT2D eigenvalue weighted by molar-refractivity contribution is -0.131. The Morgan fingerprint density at radius 1 is 1.13 bits per heavy atom. The number of hydrogen-bond donors (Lipinski definition) is 1. The van der Waals surface area contributed by atoms with Crippen LogP contribution in [0.3, 0.4) is 0 Å². The van der Waals surface area contributed by atoms with Gasteiger partial charge >= 0.3 is 6.03 Å². The van der Waals surface area contributed by atoms with E-state index < -0.39 is 17.5 Å². The van der Waals surface area contributed by atoms with E-state index in [0.29, 0.717) is 27.6 Å². The van der Waals surface area contributed by atoms with Crippen LogP contribution in [0.15, 0.2) is 46.9 Å². The molecule has 3 aromatic rings. The summed E-state index contributed by atoms with van der Waals surface area (Å²) in [5.74, 6) is 0.998. The molecule has 10 heteroatoms. The standard InChI is InChI=1S/C20H15ClN4O5/c1-20(11-6-7-14-15(8-11)29-10-28-14)18(26)25(19(27)22-20)9-16-23-24-17(30-16)12-4-2-3-5-13(12)21/h2-8H,9-10H2,1H3,(H,22,27). The van der Waals surface area contributed by atoms with E-state index in [9.17, 15) is 9.59 Å². The summed E-state index contributed by atoms with van der Waals surface area (Å²) >= 11 is 6.15. The number of carbonyl (C=O) groups is 2.